The average Bonchev–Trinajstić information content (AvgIpc) is 2.74. The van der Waals surface area contributed by atoms with Crippen LogP contribution in [0.4, 0.5) is 8.78 Å². The number of benzene rings is 2. The Balaban J connectivity index is 1.88. The fraction of sp³-hybridized carbons (Fsp3) is 0.318. The minimum atomic E-state index is -2.96. The Morgan fingerprint density at radius 1 is 1.10 bits per heavy atom. The zero-order chi connectivity index (χ0) is 21.5. The number of aryl methyl sites for hydroxylation is 1. The monoisotopic (exact) mass is 415 g/mol. The molecule has 0 aliphatic heterocycles. The predicted molar refractivity (Wildman–Crippen MR) is 110 cm³/mol. The molecule has 0 aliphatic rings. The minimum absolute atomic E-state index is 0.00449. The lowest BCUT2D eigenvalue weighted by Gasteiger charge is -2.13. The van der Waals surface area contributed by atoms with Gasteiger partial charge in [-0.2, -0.15) is 13.9 Å². The summed E-state index contributed by atoms with van der Waals surface area (Å²) in [5, 5.41) is 7.85. The van der Waals surface area contributed by atoms with Crippen LogP contribution in [0.1, 0.15) is 42.2 Å². The molecule has 2 aromatic carbocycles. The topological polar surface area (TPSA) is 73.2 Å². The third kappa shape index (κ3) is 5.00. The Labute approximate surface area is 172 Å². The van der Waals surface area contributed by atoms with Crippen LogP contribution in [0.15, 0.2) is 53.3 Å². The molecule has 0 fully saturated rings. The van der Waals surface area contributed by atoms with Gasteiger partial charge in [-0.15, -0.1) is 0 Å². The van der Waals surface area contributed by atoms with E-state index in [1.54, 1.807) is 42.5 Å². The van der Waals surface area contributed by atoms with Gasteiger partial charge in [0.05, 0.1) is 5.39 Å². The number of aromatic nitrogens is 2. The zero-order valence-electron chi connectivity index (χ0n) is 16.6. The van der Waals surface area contributed by atoms with Crippen molar-refractivity contribution in [1.29, 1.82) is 0 Å². The standard InChI is InChI=1S/C22H23F2N3O3/c1-2-3-8-13-27-21(29)17-11-6-5-10-16(17)19(26-27)20(28)25-14-15-9-4-7-12-18(15)30-22(23)24/h4-7,9-12,22H,2-3,8,13-14H2,1H3,(H,25,28). The number of hydrogen-bond donors (Lipinski definition) is 1. The Hall–Kier alpha value is -3.29. The highest BCUT2D eigenvalue weighted by Gasteiger charge is 2.17. The number of rotatable bonds is 9. The zero-order valence-corrected chi connectivity index (χ0v) is 16.6. The van der Waals surface area contributed by atoms with E-state index in [1.807, 2.05) is 0 Å². The van der Waals surface area contributed by atoms with Crippen molar-refractivity contribution >= 4 is 16.7 Å². The van der Waals surface area contributed by atoms with Gasteiger partial charge in [-0.05, 0) is 18.6 Å². The van der Waals surface area contributed by atoms with E-state index in [9.17, 15) is 18.4 Å². The number of halogens is 2. The number of fused-ring (bicyclic) bond motifs is 1. The summed E-state index contributed by atoms with van der Waals surface area (Å²) in [6, 6.07) is 13.0. The minimum Gasteiger partial charge on any atom is -0.434 e. The van der Waals surface area contributed by atoms with Gasteiger partial charge < -0.3 is 10.1 Å². The summed E-state index contributed by atoms with van der Waals surface area (Å²) in [5.41, 5.74) is 0.287. The summed E-state index contributed by atoms with van der Waals surface area (Å²) in [6.45, 7) is -0.500. The molecule has 0 unspecified atom stereocenters. The first-order chi connectivity index (χ1) is 14.5. The van der Waals surface area contributed by atoms with Gasteiger partial charge in [-0.1, -0.05) is 56.2 Å². The number of nitrogens with one attached hydrogen (secondary N) is 1. The first kappa shape index (κ1) is 21.4. The number of para-hydroxylation sites is 1. The van der Waals surface area contributed by atoms with Crippen molar-refractivity contribution in [3.8, 4) is 5.75 Å². The number of ether oxygens (including phenoxy) is 1. The van der Waals surface area contributed by atoms with Crippen LogP contribution in [0.2, 0.25) is 0 Å². The van der Waals surface area contributed by atoms with Crippen molar-refractivity contribution in [3.63, 3.8) is 0 Å². The van der Waals surface area contributed by atoms with Crippen LogP contribution >= 0.6 is 0 Å². The van der Waals surface area contributed by atoms with Gasteiger partial charge in [0, 0.05) is 24.0 Å². The summed E-state index contributed by atoms with van der Waals surface area (Å²) in [5.74, 6) is -0.502. The number of hydrogen-bond acceptors (Lipinski definition) is 4. The fourth-order valence-electron chi connectivity index (χ4n) is 3.19. The molecule has 1 heterocycles. The Kier molecular flexibility index (Phi) is 7.11. The van der Waals surface area contributed by atoms with E-state index >= 15 is 0 Å². The summed E-state index contributed by atoms with van der Waals surface area (Å²) < 4.78 is 31.0. The van der Waals surface area contributed by atoms with Gasteiger partial charge >= 0.3 is 6.61 Å². The van der Waals surface area contributed by atoms with Crippen LogP contribution in [0.5, 0.6) is 5.75 Å². The van der Waals surface area contributed by atoms with E-state index in [4.69, 9.17) is 0 Å². The first-order valence-corrected chi connectivity index (χ1v) is 9.82. The molecule has 30 heavy (non-hydrogen) atoms. The van der Waals surface area contributed by atoms with Crippen molar-refractivity contribution in [3.05, 3.63) is 70.1 Å². The highest BCUT2D eigenvalue weighted by atomic mass is 19.3. The molecule has 158 valence electrons. The van der Waals surface area contributed by atoms with E-state index < -0.39 is 12.5 Å². The second-order valence-electron chi connectivity index (χ2n) is 6.80. The second kappa shape index (κ2) is 9.96. The van der Waals surface area contributed by atoms with E-state index in [0.29, 0.717) is 22.9 Å². The SMILES string of the molecule is CCCCCn1nc(C(=O)NCc2ccccc2OC(F)F)c2ccccc2c1=O. The molecule has 0 radical (unpaired) electrons. The third-order valence-electron chi connectivity index (χ3n) is 4.68. The van der Waals surface area contributed by atoms with Crippen molar-refractivity contribution in [2.75, 3.05) is 0 Å². The molecule has 0 aliphatic carbocycles. The maximum atomic E-state index is 12.9. The molecule has 1 N–H and O–H groups in total. The van der Waals surface area contributed by atoms with Crippen molar-refractivity contribution in [2.45, 2.75) is 45.9 Å². The van der Waals surface area contributed by atoms with Crippen LogP contribution in [0, 0.1) is 0 Å². The van der Waals surface area contributed by atoms with Crippen LogP contribution in [-0.4, -0.2) is 22.3 Å². The van der Waals surface area contributed by atoms with Crippen LogP contribution < -0.4 is 15.6 Å². The van der Waals surface area contributed by atoms with Gasteiger partial charge in [-0.25, -0.2) is 4.68 Å². The molecule has 0 atom stereocenters. The van der Waals surface area contributed by atoms with E-state index in [0.717, 1.165) is 19.3 Å². The largest absolute Gasteiger partial charge is 0.434 e. The van der Waals surface area contributed by atoms with Gasteiger partial charge in [-0.3, -0.25) is 9.59 Å². The van der Waals surface area contributed by atoms with Crippen molar-refractivity contribution in [1.82, 2.24) is 15.1 Å². The molecule has 0 bridgehead atoms. The molecule has 1 amide bonds. The van der Waals surface area contributed by atoms with Gasteiger partial charge in [0.25, 0.3) is 11.5 Å². The summed E-state index contributed by atoms with van der Waals surface area (Å²) in [6.07, 6.45) is 2.72. The molecule has 3 aromatic rings. The second-order valence-corrected chi connectivity index (χ2v) is 6.80. The number of nitrogens with zero attached hydrogens (tertiary/aromatic N) is 2. The normalized spacial score (nSPS) is 11.1. The predicted octanol–water partition coefficient (Wildman–Crippen LogP) is 4.12. The lowest BCUT2D eigenvalue weighted by atomic mass is 10.1. The van der Waals surface area contributed by atoms with E-state index in [-0.39, 0.29) is 23.5 Å². The quantitative estimate of drug-likeness (QED) is 0.534. The molecule has 3 rings (SSSR count). The van der Waals surface area contributed by atoms with Gasteiger partial charge in [0.15, 0.2) is 5.69 Å². The Bertz CT molecular complexity index is 1080. The first-order valence-electron chi connectivity index (χ1n) is 9.82. The lowest BCUT2D eigenvalue weighted by Crippen LogP contribution is -2.30. The Morgan fingerprint density at radius 3 is 2.53 bits per heavy atom. The number of unbranched alkanes of at least 4 members (excludes halogenated alkanes) is 2. The maximum Gasteiger partial charge on any atom is 0.387 e. The van der Waals surface area contributed by atoms with Crippen molar-refractivity contribution < 1.29 is 18.3 Å². The highest BCUT2D eigenvalue weighted by Crippen LogP contribution is 2.20. The molecule has 1 aromatic heterocycles. The molecular formula is C22H23F2N3O3. The number of alkyl halides is 2. The maximum absolute atomic E-state index is 12.9. The van der Waals surface area contributed by atoms with Crippen LogP contribution in [-0.2, 0) is 13.1 Å². The molecule has 0 saturated carbocycles. The van der Waals surface area contributed by atoms with E-state index in [2.05, 4.69) is 22.1 Å². The molecule has 8 heteroatoms. The lowest BCUT2D eigenvalue weighted by molar-refractivity contribution is -0.0504. The number of amides is 1. The molecule has 0 spiro atoms. The van der Waals surface area contributed by atoms with E-state index in [1.165, 1.54) is 10.7 Å². The molecule has 6 nitrogen and oxygen atoms in total. The smallest absolute Gasteiger partial charge is 0.387 e. The summed E-state index contributed by atoms with van der Waals surface area (Å²) in [7, 11) is 0. The molecule has 0 saturated heterocycles. The summed E-state index contributed by atoms with van der Waals surface area (Å²) >= 11 is 0. The summed E-state index contributed by atoms with van der Waals surface area (Å²) in [4.78, 5) is 25.6. The van der Waals surface area contributed by atoms with Crippen LogP contribution in [0.3, 0.4) is 0 Å². The molecular weight excluding hydrogens is 392 g/mol. The highest BCUT2D eigenvalue weighted by molar-refractivity contribution is 6.04. The van der Waals surface area contributed by atoms with Crippen molar-refractivity contribution in [2.24, 2.45) is 0 Å². The third-order valence-corrected chi connectivity index (χ3v) is 4.68. The van der Waals surface area contributed by atoms with Gasteiger partial charge in [0.1, 0.15) is 5.75 Å². The number of carbonyl (C=O) groups excluding carboxylic acids is 1. The Morgan fingerprint density at radius 2 is 1.80 bits per heavy atom. The average molecular weight is 415 g/mol. The fourth-order valence-corrected chi connectivity index (χ4v) is 3.19. The van der Waals surface area contributed by atoms with Gasteiger partial charge in [0.2, 0.25) is 0 Å². The number of carbonyl (C=O) groups is 1. The van der Waals surface area contributed by atoms with Crippen LogP contribution in [0.25, 0.3) is 10.8 Å².